The van der Waals surface area contributed by atoms with E-state index in [4.69, 9.17) is 4.74 Å². The minimum atomic E-state index is -1.26. The van der Waals surface area contributed by atoms with Crippen LogP contribution in [0, 0.1) is 6.92 Å². The highest BCUT2D eigenvalue weighted by atomic mass is 16.6. The molecule has 0 aliphatic heterocycles. The quantitative estimate of drug-likeness (QED) is 0.463. The number of amides is 3. The van der Waals surface area contributed by atoms with Crippen molar-refractivity contribution in [1.82, 2.24) is 15.5 Å². The van der Waals surface area contributed by atoms with Gasteiger partial charge in [0.2, 0.25) is 11.8 Å². The average Bonchev–Trinajstić information content (AvgIpc) is 2.80. The second-order valence-corrected chi connectivity index (χ2v) is 11.4. The van der Waals surface area contributed by atoms with Gasteiger partial charge in [0, 0.05) is 11.6 Å². The summed E-state index contributed by atoms with van der Waals surface area (Å²) in [5.41, 5.74) is 0.203. The highest BCUT2D eigenvalue weighted by molar-refractivity contribution is 5.92. The fraction of sp³-hybridized carbons (Fsp3) is 0.679. The molecule has 1 aliphatic rings. The fourth-order valence-electron chi connectivity index (χ4n) is 4.44. The van der Waals surface area contributed by atoms with Gasteiger partial charge in [0.1, 0.15) is 17.7 Å². The van der Waals surface area contributed by atoms with Crippen LogP contribution in [0.15, 0.2) is 24.3 Å². The monoisotopic (exact) mass is 503 g/mol. The SMILES string of the molecule is CCC(C)(C)N(C(=O)C(CO)NC(=O)OC(C)(C)C)C(C(=O)NC1CCCCC1)c1ccc(C)cc1. The van der Waals surface area contributed by atoms with Gasteiger partial charge in [-0.2, -0.15) is 0 Å². The molecule has 2 rings (SSSR count). The van der Waals surface area contributed by atoms with Crippen LogP contribution in [-0.4, -0.2) is 57.7 Å². The molecule has 1 aromatic carbocycles. The third-order valence-electron chi connectivity index (χ3n) is 6.78. The number of ether oxygens (including phenoxy) is 1. The summed E-state index contributed by atoms with van der Waals surface area (Å²) in [4.78, 5) is 41.8. The molecule has 0 radical (unpaired) electrons. The minimum absolute atomic E-state index is 0.0643. The minimum Gasteiger partial charge on any atom is -0.444 e. The first-order valence-electron chi connectivity index (χ1n) is 13.1. The van der Waals surface area contributed by atoms with Gasteiger partial charge >= 0.3 is 6.09 Å². The molecule has 8 heteroatoms. The van der Waals surface area contributed by atoms with Crippen LogP contribution in [0.3, 0.4) is 0 Å². The molecule has 1 aliphatic carbocycles. The predicted octanol–water partition coefficient (Wildman–Crippen LogP) is 4.39. The molecule has 0 bridgehead atoms. The Morgan fingerprint density at radius 3 is 2.14 bits per heavy atom. The first-order chi connectivity index (χ1) is 16.8. The lowest BCUT2D eigenvalue weighted by molar-refractivity contribution is -0.150. The van der Waals surface area contributed by atoms with Crippen LogP contribution in [0.5, 0.6) is 0 Å². The molecule has 1 saturated carbocycles. The van der Waals surface area contributed by atoms with Crippen LogP contribution in [-0.2, 0) is 14.3 Å². The molecule has 2 atom stereocenters. The first kappa shape index (κ1) is 29.6. The predicted molar refractivity (Wildman–Crippen MR) is 140 cm³/mol. The summed E-state index contributed by atoms with van der Waals surface area (Å²) in [7, 11) is 0. The van der Waals surface area contributed by atoms with Crippen molar-refractivity contribution in [3.8, 4) is 0 Å². The average molecular weight is 504 g/mol. The second kappa shape index (κ2) is 12.6. The van der Waals surface area contributed by atoms with E-state index in [1.807, 2.05) is 52.0 Å². The van der Waals surface area contributed by atoms with E-state index in [2.05, 4.69) is 10.6 Å². The zero-order chi connectivity index (χ0) is 27.1. The van der Waals surface area contributed by atoms with Gasteiger partial charge in [-0.05, 0) is 66.4 Å². The summed E-state index contributed by atoms with van der Waals surface area (Å²) in [6.07, 6.45) is 4.87. The lowest BCUT2D eigenvalue weighted by Gasteiger charge is -2.44. The van der Waals surface area contributed by atoms with Crippen molar-refractivity contribution in [2.24, 2.45) is 0 Å². The number of nitrogens with one attached hydrogen (secondary N) is 2. The summed E-state index contributed by atoms with van der Waals surface area (Å²) in [6, 6.07) is 5.43. The number of aryl methyl sites for hydroxylation is 1. The van der Waals surface area contributed by atoms with Gasteiger partial charge in [0.15, 0.2) is 0 Å². The Labute approximate surface area is 216 Å². The van der Waals surface area contributed by atoms with Gasteiger partial charge in [0.25, 0.3) is 0 Å². The van der Waals surface area contributed by atoms with Crippen molar-refractivity contribution in [2.75, 3.05) is 6.61 Å². The van der Waals surface area contributed by atoms with E-state index in [1.54, 1.807) is 20.8 Å². The molecule has 3 N–H and O–H groups in total. The van der Waals surface area contributed by atoms with E-state index in [0.717, 1.165) is 37.7 Å². The summed E-state index contributed by atoms with van der Waals surface area (Å²) in [5.74, 6) is -0.797. The Morgan fingerprint density at radius 2 is 1.64 bits per heavy atom. The molecule has 2 unspecified atom stereocenters. The lowest BCUT2D eigenvalue weighted by Crippen LogP contribution is -2.60. The zero-order valence-electron chi connectivity index (χ0n) is 23.0. The number of carbonyl (C=O) groups is 3. The molecule has 0 spiro atoms. The summed E-state index contributed by atoms with van der Waals surface area (Å²) >= 11 is 0. The Bertz CT molecular complexity index is 885. The van der Waals surface area contributed by atoms with Gasteiger partial charge < -0.3 is 25.4 Å². The van der Waals surface area contributed by atoms with Gasteiger partial charge in [-0.3, -0.25) is 9.59 Å². The molecular weight excluding hydrogens is 458 g/mol. The Hall–Kier alpha value is -2.61. The summed E-state index contributed by atoms with van der Waals surface area (Å²) < 4.78 is 5.31. The molecular formula is C28H45N3O5. The highest BCUT2D eigenvalue weighted by Crippen LogP contribution is 2.33. The maximum Gasteiger partial charge on any atom is 0.408 e. The summed E-state index contributed by atoms with van der Waals surface area (Å²) in [6.45, 7) is 12.2. The number of nitrogens with zero attached hydrogens (tertiary/aromatic N) is 1. The smallest absolute Gasteiger partial charge is 0.408 e. The number of alkyl carbamates (subject to hydrolysis) is 1. The van der Waals surface area contributed by atoms with Crippen LogP contribution in [0.1, 0.15) is 97.2 Å². The number of aliphatic hydroxyl groups is 1. The summed E-state index contributed by atoms with van der Waals surface area (Å²) in [5, 5.41) is 15.8. The fourth-order valence-corrected chi connectivity index (χ4v) is 4.44. The maximum atomic E-state index is 14.0. The number of hydrogen-bond donors (Lipinski definition) is 3. The standard InChI is InChI=1S/C28H45N3O5/c1-8-28(6,7)31(25(34)22(18-32)30-26(35)36-27(3,4)5)23(20-16-14-19(2)15-17-20)24(33)29-21-12-10-9-11-13-21/h14-17,21-23,32H,8-13,18H2,1-7H3,(H,29,33)(H,30,35). The Morgan fingerprint density at radius 1 is 1.06 bits per heavy atom. The van der Waals surface area contributed by atoms with Gasteiger partial charge in [-0.15, -0.1) is 0 Å². The maximum absolute atomic E-state index is 14.0. The molecule has 1 fully saturated rings. The normalized spacial score (nSPS) is 16.6. The first-order valence-corrected chi connectivity index (χ1v) is 13.1. The van der Waals surface area contributed by atoms with Crippen molar-refractivity contribution >= 4 is 17.9 Å². The molecule has 202 valence electrons. The van der Waals surface area contributed by atoms with E-state index in [-0.39, 0.29) is 11.9 Å². The van der Waals surface area contributed by atoms with Crippen LogP contribution in [0.4, 0.5) is 4.79 Å². The van der Waals surface area contributed by atoms with Gasteiger partial charge in [-0.1, -0.05) is 56.0 Å². The van der Waals surface area contributed by atoms with Crippen LogP contribution in [0.2, 0.25) is 0 Å². The van der Waals surface area contributed by atoms with E-state index in [0.29, 0.717) is 12.0 Å². The second-order valence-electron chi connectivity index (χ2n) is 11.4. The van der Waals surface area contributed by atoms with Gasteiger partial charge in [0.05, 0.1) is 6.61 Å². The van der Waals surface area contributed by atoms with Crippen molar-refractivity contribution in [1.29, 1.82) is 0 Å². The Kier molecular flexibility index (Phi) is 10.3. The van der Waals surface area contributed by atoms with Crippen LogP contribution >= 0.6 is 0 Å². The molecule has 1 aromatic rings. The van der Waals surface area contributed by atoms with E-state index < -0.39 is 41.8 Å². The molecule has 0 heterocycles. The Balaban J connectivity index is 2.48. The van der Waals surface area contributed by atoms with E-state index >= 15 is 0 Å². The number of rotatable bonds is 9. The molecule has 36 heavy (non-hydrogen) atoms. The number of hydrogen-bond acceptors (Lipinski definition) is 5. The van der Waals surface area contributed by atoms with Crippen molar-refractivity contribution < 1.29 is 24.2 Å². The lowest BCUT2D eigenvalue weighted by atomic mass is 9.90. The van der Waals surface area contributed by atoms with Gasteiger partial charge in [-0.25, -0.2) is 4.79 Å². The van der Waals surface area contributed by atoms with Crippen LogP contribution < -0.4 is 10.6 Å². The highest BCUT2D eigenvalue weighted by Gasteiger charge is 2.43. The third kappa shape index (κ3) is 8.22. The van der Waals surface area contributed by atoms with E-state index in [1.165, 1.54) is 4.90 Å². The topological polar surface area (TPSA) is 108 Å². The molecule has 0 saturated heterocycles. The molecule has 8 nitrogen and oxygen atoms in total. The third-order valence-corrected chi connectivity index (χ3v) is 6.78. The number of carbonyl (C=O) groups excluding carboxylic acids is 3. The van der Waals surface area contributed by atoms with Crippen molar-refractivity contribution in [3.63, 3.8) is 0 Å². The largest absolute Gasteiger partial charge is 0.444 e. The van der Waals surface area contributed by atoms with Crippen molar-refractivity contribution in [2.45, 2.75) is 116 Å². The number of benzene rings is 1. The molecule has 0 aromatic heterocycles. The zero-order valence-corrected chi connectivity index (χ0v) is 23.0. The number of aliphatic hydroxyl groups excluding tert-OH is 1. The molecule has 3 amide bonds. The van der Waals surface area contributed by atoms with E-state index in [9.17, 15) is 19.5 Å². The van der Waals surface area contributed by atoms with Crippen molar-refractivity contribution in [3.05, 3.63) is 35.4 Å². The van der Waals surface area contributed by atoms with Crippen LogP contribution in [0.25, 0.3) is 0 Å².